The Labute approximate surface area is 108 Å². The van der Waals surface area contributed by atoms with E-state index < -0.39 is 0 Å². The van der Waals surface area contributed by atoms with Crippen LogP contribution >= 0.6 is 0 Å². The van der Waals surface area contributed by atoms with E-state index in [1.54, 1.807) is 0 Å². The van der Waals surface area contributed by atoms with Crippen molar-refractivity contribution in [2.75, 3.05) is 26.4 Å². The standard InChI is InChI=1S/C14H21N3O/c1-16(9-11-4-3-5-12(15)8-11)10-14(18)17(2)13-6-7-13/h3-5,8,13H,6-7,9-10,15H2,1-2H3. The molecule has 1 aliphatic rings. The molecule has 0 heterocycles. The van der Waals surface area contributed by atoms with Gasteiger partial charge in [0.1, 0.15) is 0 Å². The Morgan fingerprint density at radius 1 is 1.39 bits per heavy atom. The summed E-state index contributed by atoms with van der Waals surface area (Å²) in [5, 5.41) is 0. The lowest BCUT2D eigenvalue weighted by Crippen LogP contribution is -2.37. The Bertz CT molecular complexity index is 429. The predicted molar refractivity (Wildman–Crippen MR) is 73.0 cm³/mol. The molecule has 0 saturated heterocycles. The van der Waals surface area contributed by atoms with Gasteiger partial charge in [-0.05, 0) is 37.6 Å². The molecule has 98 valence electrons. The van der Waals surface area contributed by atoms with Crippen LogP contribution in [0.2, 0.25) is 0 Å². The maximum Gasteiger partial charge on any atom is 0.236 e. The smallest absolute Gasteiger partial charge is 0.236 e. The number of nitrogen functional groups attached to an aromatic ring is 1. The minimum absolute atomic E-state index is 0.198. The number of likely N-dealkylation sites (N-methyl/N-ethyl adjacent to an activating group) is 2. The third-order valence-corrected chi connectivity index (χ3v) is 3.30. The second-order valence-corrected chi connectivity index (χ2v) is 5.15. The highest BCUT2D eigenvalue weighted by Gasteiger charge is 2.29. The summed E-state index contributed by atoms with van der Waals surface area (Å²) in [6.45, 7) is 1.21. The van der Waals surface area contributed by atoms with Crippen LogP contribution in [0.5, 0.6) is 0 Å². The van der Waals surface area contributed by atoms with E-state index in [9.17, 15) is 4.79 Å². The average Bonchev–Trinajstić information content (AvgIpc) is 3.11. The summed E-state index contributed by atoms with van der Waals surface area (Å²) in [7, 11) is 3.86. The van der Waals surface area contributed by atoms with Crippen molar-refractivity contribution in [2.45, 2.75) is 25.4 Å². The van der Waals surface area contributed by atoms with Crippen molar-refractivity contribution < 1.29 is 4.79 Å². The summed E-state index contributed by atoms with van der Waals surface area (Å²) < 4.78 is 0. The van der Waals surface area contributed by atoms with Gasteiger partial charge in [0.25, 0.3) is 0 Å². The largest absolute Gasteiger partial charge is 0.399 e. The molecule has 1 aromatic carbocycles. The number of rotatable bonds is 5. The van der Waals surface area contributed by atoms with Gasteiger partial charge in [-0.2, -0.15) is 0 Å². The number of amides is 1. The van der Waals surface area contributed by atoms with Gasteiger partial charge in [-0.1, -0.05) is 12.1 Å². The highest BCUT2D eigenvalue weighted by molar-refractivity contribution is 5.78. The van der Waals surface area contributed by atoms with Gasteiger partial charge < -0.3 is 10.6 Å². The summed E-state index contributed by atoms with van der Waals surface area (Å²) in [5.41, 5.74) is 7.64. The van der Waals surface area contributed by atoms with Gasteiger partial charge in [0, 0.05) is 25.3 Å². The molecule has 1 aliphatic carbocycles. The normalized spacial score (nSPS) is 14.8. The summed E-state index contributed by atoms with van der Waals surface area (Å²) in [5.74, 6) is 0.198. The summed E-state index contributed by atoms with van der Waals surface area (Å²) in [4.78, 5) is 15.8. The number of nitrogens with zero attached hydrogens (tertiary/aromatic N) is 2. The molecule has 1 fully saturated rings. The van der Waals surface area contributed by atoms with Gasteiger partial charge in [0.05, 0.1) is 6.54 Å². The zero-order valence-corrected chi connectivity index (χ0v) is 11.1. The fraction of sp³-hybridized carbons (Fsp3) is 0.500. The molecule has 1 aromatic rings. The lowest BCUT2D eigenvalue weighted by molar-refractivity contribution is -0.131. The number of hydrogen-bond acceptors (Lipinski definition) is 3. The second-order valence-electron chi connectivity index (χ2n) is 5.15. The van der Waals surface area contributed by atoms with Crippen LogP contribution in [0.15, 0.2) is 24.3 Å². The van der Waals surface area contributed by atoms with E-state index in [-0.39, 0.29) is 5.91 Å². The second kappa shape index (κ2) is 5.40. The van der Waals surface area contributed by atoms with Crippen molar-refractivity contribution >= 4 is 11.6 Å². The lowest BCUT2D eigenvalue weighted by Gasteiger charge is -2.21. The molecule has 0 bridgehead atoms. The molecule has 0 aliphatic heterocycles. The molecule has 2 rings (SSSR count). The van der Waals surface area contributed by atoms with Crippen molar-refractivity contribution in [3.8, 4) is 0 Å². The molecule has 2 N–H and O–H groups in total. The van der Waals surface area contributed by atoms with E-state index in [1.165, 1.54) is 0 Å². The van der Waals surface area contributed by atoms with Crippen LogP contribution in [0.3, 0.4) is 0 Å². The minimum Gasteiger partial charge on any atom is -0.399 e. The molecule has 4 nitrogen and oxygen atoms in total. The molecule has 0 aromatic heterocycles. The van der Waals surface area contributed by atoms with Crippen molar-refractivity contribution in [1.82, 2.24) is 9.80 Å². The zero-order chi connectivity index (χ0) is 13.1. The van der Waals surface area contributed by atoms with Crippen molar-refractivity contribution in [3.05, 3.63) is 29.8 Å². The first-order valence-corrected chi connectivity index (χ1v) is 6.35. The Balaban J connectivity index is 1.84. The molecule has 4 heteroatoms. The summed E-state index contributed by atoms with van der Waals surface area (Å²) >= 11 is 0. The van der Waals surface area contributed by atoms with E-state index in [1.807, 2.05) is 48.2 Å². The average molecular weight is 247 g/mol. The number of nitrogens with two attached hydrogens (primary N) is 1. The van der Waals surface area contributed by atoms with Crippen LogP contribution in [-0.4, -0.2) is 42.4 Å². The third kappa shape index (κ3) is 3.47. The quantitative estimate of drug-likeness (QED) is 0.798. The van der Waals surface area contributed by atoms with E-state index in [0.717, 1.165) is 30.6 Å². The Morgan fingerprint density at radius 3 is 2.72 bits per heavy atom. The maximum absolute atomic E-state index is 12.0. The molecule has 0 radical (unpaired) electrons. The van der Waals surface area contributed by atoms with Gasteiger partial charge in [-0.25, -0.2) is 0 Å². The monoisotopic (exact) mass is 247 g/mol. The molecule has 0 spiro atoms. The van der Waals surface area contributed by atoms with Crippen LogP contribution in [0, 0.1) is 0 Å². The first kappa shape index (κ1) is 12.9. The van der Waals surface area contributed by atoms with Crippen LogP contribution < -0.4 is 5.73 Å². The number of anilines is 1. The molecular weight excluding hydrogens is 226 g/mol. The Kier molecular flexibility index (Phi) is 3.87. The topological polar surface area (TPSA) is 49.6 Å². The number of benzene rings is 1. The molecule has 0 atom stereocenters. The molecular formula is C14H21N3O. The van der Waals surface area contributed by atoms with Gasteiger partial charge in [-0.3, -0.25) is 9.69 Å². The predicted octanol–water partition coefficient (Wildman–Crippen LogP) is 1.32. The highest BCUT2D eigenvalue weighted by atomic mass is 16.2. The van der Waals surface area contributed by atoms with Crippen LogP contribution in [-0.2, 0) is 11.3 Å². The number of hydrogen-bond donors (Lipinski definition) is 1. The molecule has 1 saturated carbocycles. The highest BCUT2D eigenvalue weighted by Crippen LogP contribution is 2.25. The summed E-state index contributed by atoms with van der Waals surface area (Å²) in [6.07, 6.45) is 2.31. The van der Waals surface area contributed by atoms with Crippen molar-refractivity contribution in [2.24, 2.45) is 0 Å². The number of carbonyl (C=O) groups excluding carboxylic acids is 1. The van der Waals surface area contributed by atoms with Gasteiger partial charge in [0.15, 0.2) is 0 Å². The van der Waals surface area contributed by atoms with E-state index in [2.05, 4.69) is 0 Å². The maximum atomic E-state index is 12.0. The van der Waals surface area contributed by atoms with E-state index >= 15 is 0 Å². The van der Waals surface area contributed by atoms with Crippen LogP contribution in [0.4, 0.5) is 5.69 Å². The molecule has 18 heavy (non-hydrogen) atoms. The fourth-order valence-electron chi connectivity index (χ4n) is 2.07. The fourth-order valence-corrected chi connectivity index (χ4v) is 2.07. The lowest BCUT2D eigenvalue weighted by atomic mass is 10.2. The van der Waals surface area contributed by atoms with E-state index in [4.69, 9.17) is 5.73 Å². The SMILES string of the molecule is CN(CC(=O)N(C)C1CC1)Cc1cccc(N)c1. The summed E-state index contributed by atoms with van der Waals surface area (Å²) in [6, 6.07) is 8.28. The van der Waals surface area contributed by atoms with E-state index in [0.29, 0.717) is 12.6 Å². The van der Waals surface area contributed by atoms with Gasteiger partial charge >= 0.3 is 0 Å². The van der Waals surface area contributed by atoms with Crippen molar-refractivity contribution in [3.63, 3.8) is 0 Å². The molecule has 1 amide bonds. The van der Waals surface area contributed by atoms with Gasteiger partial charge in [0.2, 0.25) is 5.91 Å². The third-order valence-electron chi connectivity index (χ3n) is 3.30. The van der Waals surface area contributed by atoms with Crippen LogP contribution in [0.1, 0.15) is 18.4 Å². The molecule has 0 unspecified atom stereocenters. The Morgan fingerprint density at radius 2 is 2.11 bits per heavy atom. The van der Waals surface area contributed by atoms with Crippen molar-refractivity contribution in [1.29, 1.82) is 0 Å². The van der Waals surface area contributed by atoms with Gasteiger partial charge in [-0.15, -0.1) is 0 Å². The first-order chi connectivity index (χ1) is 8.56. The zero-order valence-electron chi connectivity index (χ0n) is 11.1. The number of carbonyl (C=O) groups is 1. The minimum atomic E-state index is 0.198. The first-order valence-electron chi connectivity index (χ1n) is 6.35. The Hall–Kier alpha value is -1.55. The van der Waals surface area contributed by atoms with Crippen LogP contribution in [0.25, 0.3) is 0 Å².